The first-order valence-electron chi connectivity index (χ1n) is 7.30. The molecule has 22 heavy (non-hydrogen) atoms. The van der Waals surface area contributed by atoms with Gasteiger partial charge in [-0.05, 0) is 39.7 Å². The van der Waals surface area contributed by atoms with E-state index < -0.39 is 6.04 Å². The van der Waals surface area contributed by atoms with Crippen molar-refractivity contribution < 1.29 is 14.0 Å². The molecule has 7 heteroatoms. The Morgan fingerprint density at radius 3 is 2.41 bits per heavy atom. The molecule has 0 bridgehead atoms. The molecule has 0 saturated carbocycles. The van der Waals surface area contributed by atoms with Gasteiger partial charge in [0.15, 0.2) is 0 Å². The number of furan rings is 1. The van der Waals surface area contributed by atoms with Gasteiger partial charge in [0.2, 0.25) is 5.91 Å². The molecule has 0 aromatic carbocycles. The summed E-state index contributed by atoms with van der Waals surface area (Å²) in [7, 11) is 0. The van der Waals surface area contributed by atoms with Gasteiger partial charge in [0.25, 0.3) is 5.91 Å². The van der Waals surface area contributed by atoms with Crippen LogP contribution < -0.4 is 11.1 Å². The van der Waals surface area contributed by atoms with E-state index in [2.05, 4.69) is 5.32 Å². The number of halogens is 1. The number of aryl methyl sites for hydroxylation is 2. The molecule has 1 saturated heterocycles. The fourth-order valence-electron chi connectivity index (χ4n) is 2.65. The Labute approximate surface area is 136 Å². The summed E-state index contributed by atoms with van der Waals surface area (Å²) < 4.78 is 5.37. The van der Waals surface area contributed by atoms with Crippen LogP contribution in [0.5, 0.6) is 0 Å². The highest BCUT2D eigenvalue weighted by atomic mass is 35.5. The second kappa shape index (κ2) is 7.65. The molecule has 1 aliphatic heterocycles. The topological polar surface area (TPSA) is 88.6 Å². The molecule has 1 atom stereocenters. The number of piperidine rings is 1. The number of nitrogens with one attached hydrogen (secondary N) is 1. The van der Waals surface area contributed by atoms with Crippen molar-refractivity contribution in [2.75, 3.05) is 13.1 Å². The first-order chi connectivity index (χ1) is 9.88. The van der Waals surface area contributed by atoms with Crippen LogP contribution in [0.4, 0.5) is 0 Å². The summed E-state index contributed by atoms with van der Waals surface area (Å²) in [6.45, 7) is 6.57. The van der Waals surface area contributed by atoms with Crippen molar-refractivity contribution in [2.24, 2.45) is 5.73 Å². The Bertz CT molecular complexity index is 534. The van der Waals surface area contributed by atoms with Crippen LogP contribution in [-0.4, -0.2) is 41.9 Å². The van der Waals surface area contributed by atoms with Gasteiger partial charge in [0.1, 0.15) is 11.5 Å². The van der Waals surface area contributed by atoms with Crippen LogP contribution in [0.15, 0.2) is 10.5 Å². The summed E-state index contributed by atoms with van der Waals surface area (Å²) in [5, 5.41) is 3.01. The maximum absolute atomic E-state index is 12.2. The number of amides is 2. The van der Waals surface area contributed by atoms with Gasteiger partial charge in [-0.1, -0.05) is 0 Å². The van der Waals surface area contributed by atoms with E-state index in [0.717, 1.165) is 18.6 Å². The molecule has 2 heterocycles. The third kappa shape index (κ3) is 4.24. The predicted molar refractivity (Wildman–Crippen MR) is 86.1 cm³/mol. The van der Waals surface area contributed by atoms with Crippen LogP contribution in [0.3, 0.4) is 0 Å². The quantitative estimate of drug-likeness (QED) is 0.877. The first kappa shape index (κ1) is 18.5. The standard InChI is InChI=1S/C15H23N3O3.ClH/c1-9-8-13(11(3)21-9)14(19)17-12-4-6-18(7-5-12)15(20)10(2)16;/h8,10,12H,4-7,16H2,1-3H3,(H,17,19);1H/t10-;/m1./s1. The van der Waals surface area contributed by atoms with E-state index in [9.17, 15) is 9.59 Å². The Kier molecular flexibility index (Phi) is 6.44. The smallest absolute Gasteiger partial charge is 0.255 e. The predicted octanol–water partition coefficient (Wildman–Crippen LogP) is 1.39. The van der Waals surface area contributed by atoms with E-state index in [1.54, 1.807) is 24.8 Å². The molecule has 3 N–H and O–H groups in total. The lowest BCUT2D eigenvalue weighted by Crippen LogP contribution is -2.50. The van der Waals surface area contributed by atoms with Gasteiger partial charge in [-0.15, -0.1) is 12.4 Å². The molecular formula is C15H24ClN3O3. The number of carbonyl (C=O) groups is 2. The molecular weight excluding hydrogens is 306 g/mol. The van der Waals surface area contributed by atoms with E-state index >= 15 is 0 Å². The minimum atomic E-state index is -0.465. The summed E-state index contributed by atoms with van der Waals surface area (Å²) in [6.07, 6.45) is 1.50. The van der Waals surface area contributed by atoms with Crippen LogP contribution in [0.25, 0.3) is 0 Å². The molecule has 1 aromatic rings. The Hall–Kier alpha value is -1.53. The average Bonchev–Trinajstić information content (AvgIpc) is 2.77. The molecule has 2 amide bonds. The number of nitrogens with zero attached hydrogens (tertiary/aromatic N) is 1. The van der Waals surface area contributed by atoms with E-state index in [1.807, 2.05) is 6.92 Å². The highest BCUT2D eigenvalue weighted by Gasteiger charge is 2.26. The second-order valence-electron chi connectivity index (χ2n) is 5.69. The minimum absolute atomic E-state index is 0. The van der Waals surface area contributed by atoms with E-state index in [-0.39, 0.29) is 30.3 Å². The van der Waals surface area contributed by atoms with Crippen LogP contribution in [-0.2, 0) is 4.79 Å². The number of hydrogen-bond acceptors (Lipinski definition) is 4. The third-order valence-corrected chi connectivity index (χ3v) is 3.82. The van der Waals surface area contributed by atoms with Crippen molar-refractivity contribution in [3.05, 3.63) is 23.2 Å². The van der Waals surface area contributed by atoms with Gasteiger partial charge >= 0.3 is 0 Å². The second-order valence-corrected chi connectivity index (χ2v) is 5.69. The van der Waals surface area contributed by atoms with Crippen LogP contribution in [0, 0.1) is 13.8 Å². The Morgan fingerprint density at radius 1 is 1.36 bits per heavy atom. The van der Waals surface area contributed by atoms with E-state index in [4.69, 9.17) is 10.2 Å². The summed E-state index contributed by atoms with van der Waals surface area (Å²) >= 11 is 0. The molecule has 1 fully saturated rings. The van der Waals surface area contributed by atoms with Gasteiger partial charge in [0.05, 0.1) is 11.6 Å². The van der Waals surface area contributed by atoms with Gasteiger partial charge in [0, 0.05) is 19.1 Å². The van der Waals surface area contributed by atoms with Gasteiger partial charge in [-0.3, -0.25) is 9.59 Å². The number of carbonyl (C=O) groups excluding carboxylic acids is 2. The Balaban J connectivity index is 0.00000242. The van der Waals surface area contributed by atoms with Crippen LogP contribution in [0.2, 0.25) is 0 Å². The third-order valence-electron chi connectivity index (χ3n) is 3.82. The number of nitrogens with two attached hydrogens (primary N) is 1. The largest absolute Gasteiger partial charge is 0.466 e. The maximum Gasteiger partial charge on any atom is 0.255 e. The molecule has 0 unspecified atom stereocenters. The minimum Gasteiger partial charge on any atom is -0.466 e. The maximum atomic E-state index is 12.2. The van der Waals surface area contributed by atoms with Crippen molar-refractivity contribution in [1.29, 1.82) is 0 Å². The van der Waals surface area contributed by atoms with Crippen LogP contribution >= 0.6 is 12.4 Å². The van der Waals surface area contributed by atoms with Crippen molar-refractivity contribution in [1.82, 2.24) is 10.2 Å². The van der Waals surface area contributed by atoms with Gasteiger partial charge in [-0.2, -0.15) is 0 Å². The van der Waals surface area contributed by atoms with Gasteiger partial charge < -0.3 is 20.4 Å². The summed E-state index contributed by atoms with van der Waals surface area (Å²) in [5.74, 6) is 1.23. The molecule has 0 spiro atoms. The number of hydrogen-bond donors (Lipinski definition) is 2. The lowest BCUT2D eigenvalue weighted by molar-refractivity contribution is -0.133. The monoisotopic (exact) mass is 329 g/mol. The summed E-state index contributed by atoms with van der Waals surface area (Å²) in [4.78, 5) is 25.8. The molecule has 124 valence electrons. The van der Waals surface area contributed by atoms with Gasteiger partial charge in [-0.25, -0.2) is 0 Å². The van der Waals surface area contributed by atoms with Crippen molar-refractivity contribution >= 4 is 24.2 Å². The molecule has 1 aromatic heterocycles. The molecule has 1 aliphatic rings. The average molecular weight is 330 g/mol. The zero-order chi connectivity index (χ0) is 15.6. The highest BCUT2D eigenvalue weighted by Crippen LogP contribution is 2.16. The first-order valence-corrected chi connectivity index (χ1v) is 7.30. The van der Waals surface area contributed by atoms with Crippen molar-refractivity contribution in [3.8, 4) is 0 Å². The number of likely N-dealkylation sites (tertiary alicyclic amines) is 1. The summed E-state index contributed by atoms with van der Waals surface area (Å²) in [6, 6.07) is 1.37. The Morgan fingerprint density at radius 2 is 1.95 bits per heavy atom. The molecule has 2 rings (SSSR count). The zero-order valence-corrected chi connectivity index (χ0v) is 14.0. The normalized spacial score (nSPS) is 16.8. The lowest BCUT2D eigenvalue weighted by atomic mass is 10.0. The van der Waals surface area contributed by atoms with Crippen molar-refractivity contribution in [3.63, 3.8) is 0 Å². The van der Waals surface area contributed by atoms with E-state index in [1.165, 1.54) is 0 Å². The summed E-state index contributed by atoms with van der Waals surface area (Å²) in [5.41, 5.74) is 6.19. The van der Waals surface area contributed by atoms with Crippen molar-refractivity contribution in [2.45, 2.75) is 45.7 Å². The fourth-order valence-corrected chi connectivity index (χ4v) is 2.65. The number of rotatable bonds is 3. The fraction of sp³-hybridized carbons (Fsp3) is 0.600. The molecule has 0 aliphatic carbocycles. The molecule has 0 radical (unpaired) electrons. The highest BCUT2D eigenvalue weighted by molar-refractivity contribution is 5.95. The van der Waals surface area contributed by atoms with E-state index in [0.29, 0.717) is 24.4 Å². The zero-order valence-electron chi connectivity index (χ0n) is 13.2. The molecule has 6 nitrogen and oxygen atoms in total. The lowest BCUT2D eigenvalue weighted by Gasteiger charge is -2.33. The SMILES string of the molecule is Cc1cc(C(=O)NC2CCN(C(=O)[C@@H](C)N)CC2)c(C)o1.Cl. The van der Waals surface area contributed by atoms with Crippen LogP contribution in [0.1, 0.15) is 41.6 Å².